The van der Waals surface area contributed by atoms with Gasteiger partial charge >= 0.3 is 0 Å². The van der Waals surface area contributed by atoms with Gasteiger partial charge in [-0.3, -0.25) is 10.8 Å². The average Bonchev–Trinajstić information content (AvgIpc) is 1.97. The van der Waals surface area contributed by atoms with Crippen LogP contribution in [0.15, 0.2) is 20.6 Å². The zero-order chi connectivity index (χ0) is 8.59. The van der Waals surface area contributed by atoms with Gasteiger partial charge in [-0.15, -0.1) is 0 Å². The Hall–Kier alpha value is -0.220. The van der Waals surface area contributed by atoms with Crippen molar-refractivity contribution in [3.05, 3.63) is 20.6 Å². The predicted molar refractivity (Wildman–Crippen MR) is 54.1 cm³/mol. The Morgan fingerprint density at radius 3 is 2.27 bits per heavy atom. The first-order valence-corrected chi connectivity index (χ1v) is 4.54. The van der Waals surface area contributed by atoms with Crippen molar-refractivity contribution in [2.24, 2.45) is 0 Å². The van der Waals surface area contributed by atoms with Crippen LogP contribution < -0.4 is 0 Å². The normalized spacial score (nSPS) is 19.0. The lowest BCUT2D eigenvalue weighted by atomic mass is 10.1. The van der Waals surface area contributed by atoms with E-state index in [-0.39, 0.29) is 11.4 Å². The molecule has 0 radical (unpaired) electrons. The molecule has 0 fully saturated rings. The van der Waals surface area contributed by atoms with Crippen LogP contribution in [0.2, 0.25) is 0 Å². The third kappa shape index (κ3) is 1.51. The Kier molecular flexibility index (Phi) is 2.44. The molecule has 0 aliphatic heterocycles. The van der Waals surface area contributed by atoms with E-state index in [9.17, 15) is 0 Å². The predicted octanol–water partition coefficient (Wildman–Crippen LogP) is 2.99. The minimum atomic E-state index is 0.225. The van der Waals surface area contributed by atoms with Crippen molar-refractivity contribution in [3.8, 4) is 0 Å². The van der Waals surface area contributed by atoms with Gasteiger partial charge in [0, 0.05) is 8.96 Å². The van der Waals surface area contributed by atoms with E-state index in [0.29, 0.717) is 8.96 Å². The van der Waals surface area contributed by atoms with Crippen LogP contribution in [-0.2, 0) is 0 Å². The lowest BCUT2D eigenvalue weighted by Gasteiger charge is -2.12. The summed E-state index contributed by atoms with van der Waals surface area (Å²) in [6.45, 7) is 1.90. The molecular weight excluding hydrogens is 272 g/mol. The first-order chi connectivity index (χ1) is 5.04. The number of hydrogen-bond donors (Lipinski definition) is 2. The number of rotatable bonds is 0. The minimum Gasteiger partial charge on any atom is -0.297 e. The van der Waals surface area contributed by atoms with Gasteiger partial charge < -0.3 is 0 Å². The van der Waals surface area contributed by atoms with Crippen molar-refractivity contribution in [1.29, 1.82) is 10.8 Å². The second-order valence-corrected chi connectivity index (χ2v) is 3.89. The van der Waals surface area contributed by atoms with Crippen molar-refractivity contribution in [1.82, 2.24) is 0 Å². The summed E-state index contributed by atoms with van der Waals surface area (Å²) in [5.74, 6) is 0. The van der Waals surface area contributed by atoms with E-state index in [0.717, 1.165) is 5.57 Å². The molecule has 4 heteroatoms. The van der Waals surface area contributed by atoms with Crippen LogP contribution in [0.4, 0.5) is 0 Å². The standard InChI is InChI=1S/C7H6Br2N2/c1-3-2-4(8)6(10)7(11)5(3)9/h2,10-11H,1H3. The van der Waals surface area contributed by atoms with Gasteiger partial charge in [-0.25, -0.2) is 0 Å². The third-order valence-electron chi connectivity index (χ3n) is 1.40. The molecule has 0 aromatic rings. The van der Waals surface area contributed by atoms with Crippen LogP contribution in [0.1, 0.15) is 6.92 Å². The second kappa shape index (κ2) is 3.03. The van der Waals surface area contributed by atoms with E-state index < -0.39 is 0 Å². The molecular formula is C7H6Br2N2. The second-order valence-electron chi connectivity index (χ2n) is 2.24. The van der Waals surface area contributed by atoms with Crippen molar-refractivity contribution < 1.29 is 0 Å². The fourth-order valence-corrected chi connectivity index (χ4v) is 1.61. The Labute approximate surface area is 81.6 Å². The first-order valence-electron chi connectivity index (χ1n) is 2.96. The van der Waals surface area contributed by atoms with Crippen LogP contribution in [0.25, 0.3) is 0 Å². The molecule has 0 saturated carbocycles. The molecule has 0 spiro atoms. The molecule has 1 rings (SSSR count). The van der Waals surface area contributed by atoms with Gasteiger partial charge in [-0.05, 0) is 50.4 Å². The molecule has 1 aliphatic rings. The molecule has 11 heavy (non-hydrogen) atoms. The topological polar surface area (TPSA) is 47.7 Å². The van der Waals surface area contributed by atoms with E-state index in [4.69, 9.17) is 10.8 Å². The number of hydrogen-bond acceptors (Lipinski definition) is 2. The van der Waals surface area contributed by atoms with Gasteiger partial charge in [0.05, 0.1) is 11.4 Å². The highest BCUT2D eigenvalue weighted by atomic mass is 79.9. The van der Waals surface area contributed by atoms with Crippen molar-refractivity contribution >= 4 is 43.3 Å². The highest BCUT2D eigenvalue weighted by Gasteiger charge is 2.17. The van der Waals surface area contributed by atoms with Crippen LogP contribution >= 0.6 is 31.9 Å². The molecule has 0 saturated heterocycles. The number of allylic oxidation sites excluding steroid dienone is 4. The summed E-state index contributed by atoms with van der Waals surface area (Å²) >= 11 is 6.44. The molecule has 58 valence electrons. The van der Waals surface area contributed by atoms with Gasteiger partial charge in [0.2, 0.25) is 0 Å². The smallest absolute Gasteiger partial charge is 0.0945 e. The average molecular weight is 278 g/mol. The molecule has 2 N–H and O–H groups in total. The van der Waals surface area contributed by atoms with Crippen LogP contribution in [0.3, 0.4) is 0 Å². The van der Waals surface area contributed by atoms with E-state index >= 15 is 0 Å². The van der Waals surface area contributed by atoms with Crippen LogP contribution in [0, 0.1) is 10.8 Å². The van der Waals surface area contributed by atoms with Crippen LogP contribution in [-0.4, -0.2) is 11.4 Å². The molecule has 0 unspecified atom stereocenters. The first kappa shape index (κ1) is 8.87. The Balaban J connectivity index is 3.22. The summed E-state index contributed by atoms with van der Waals surface area (Å²) in [6, 6.07) is 0. The molecule has 1 aliphatic carbocycles. The summed E-state index contributed by atoms with van der Waals surface area (Å²) < 4.78 is 1.37. The number of nitrogens with one attached hydrogen (secondary N) is 2. The third-order valence-corrected chi connectivity index (χ3v) is 3.05. The van der Waals surface area contributed by atoms with Crippen molar-refractivity contribution in [2.45, 2.75) is 6.92 Å². The quantitative estimate of drug-likeness (QED) is 0.640. The fourth-order valence-electron chi connectivity index (χ4n) is 0.752. The molecule has 0 aromatic heterocycles. The Morgan fingerprint density at radius 2 is 1.73 bits per heavy atom. The van der Waals surface area contributed by atoms with E-state index in [2.05, 4.69) is 31.9 Å². The summed E-state index contributed by atoms with van der Waals surface area (Å²) in [7, 11) is 0. The van der Waals surface area contributed by atoms with Crippen LogP contribution in [0.5, 0.6) is 0 Å². The SMILES string of the molecule is CC1=C(Br)C(=N)C(=N)C(Br)=C1. The van der Waals surface area contributed by atoms with Crippen molar-refractivity contribution in [2.75, 3.05) is 0 Å². The van der Waals surface area contributed by atoms with E-state index in [1.54, 1.807) is 0 Å². The van der Waals surface area contributed by atoms with Gasteiger partial charge in [-0.1, -0.05) is 0 Å². The monoisotopic (exact) mass is 276 g/mol. The zero-order valence-electron chi connectivity index (χ0n) is 5.83. The number of halogens is 2. The minimum absolute atomic E-state index is 0.225. The molecule has 0 aromatic carbocycles. The van der Waals surface area contributed by atoms with Gasteiger partial charge in [0.1, 0.15) is 0 Å². The largest absolute Gasteiger partial charge is 0.297 e. The lowest BCUT2D eigenvalue weighted by molar-refractivity contribution is 1.43. The summed E-state index contributed by atoms with van der Waals surface area (Å²) in [5, 5.41) is 14.9. The maximum Gasteiger partial charge on any atom is 0.0945 e. The van der Waals surface area contributed by atoms with Gasteiger partial charge in [0.15, 0.2) is 0 Å². The fraction of sp³-hybridized carbons (Fsp3) is 0.143. The van der Waals surface area contributed by atoms with Crippen molar-refractivity contribution in [3.63, 3.8) is 0 Å². The van der Waals surface area contributed by atoms with E-state index in [1.807, 2.05) is 13.0 Å². The highest BCUT2D eigenvalue weighted by molar-refractivity contribution is 9.12. The molecule has 0 heterocycles. The summed E-state index contributed by atoms with van der Waals surface area (Å²) in [5.41, 5.74) is 1.43. The molecule has 0 amide bonds. The van der Waals surface area contributed by atoms with Gasteiger partial charge in [-0.2, -0.15) is 0 Å². The Bertz CT molecular complexity index is 296. The maximum atomic E-state index is 7.46. The zero-order valence-corrected chi connectivity index (χ0v) is 9.01. The summed E-state index contributed by atoms with van der Waals surface area (Å²) in [6.07, 6.45) is 1.82. The molecule has 2 nitrogen and oxygen atoms in total. The highest BCUT2D eigenvalue weighted by Crippen LogP contribution is 2.25. The summed E-state index contributed by atoms with van der Waals surface area (Å²) in [4.78, 5) is 0. The molecule has 0 bridgehead atoms. The maximum absolute atomic E-state index is 7.46. The lowest BCUT2D eigenvalue weighted by Crippen LogP contribution is -2.16. The molecule has 0 atom stereocenters. The van der Waals surface area contributed by atoms with Gasteiger partial charge in [0.25, 0.3) is 0 Å². The Morgan fingerprint density at radius 1 is 1.18 bits per heavy atom. The van der Waals surface area contributed by atoms with E-state index in [1.165, 1.54) is 0 Å².